The summed E-state index contributed by atoms with van der Waals surface area (Å²) in [5.41, 5.74) is 5.14. The second kappa shape index (κ2) is 14.8. The Morgan fingerprint density at radius 3 is 1.85 bits per heavy atom. The van der Waals surface area contributed by atoms with E-state index in [9.17, 15) is 0 Å². The Bertz CT molecular complexity index is 597. The number of nitrogens with zero attached hydrogens (tertiary/aromatic N) is 3. The minimum atomic E-state index is 0.928. The fraction of sp³-hybridized carbons (Fsp3) is 0.696. The van der Waals surface area contributed by atoms with Crippen molar-refractivity contribution in [3.63, 3.8) is 0 Å². The van der Waals surface area contributed by atoms with E-state index in [1.807, 2.05) is 29.1 Å². The lowest BCUT2D eigenvalue weighted by Crippen LogP contribution is -1.98. The number of unbranched alkanes of at least 4 members (excludes halogenated alkanes) is 13. The molecule has 0 aromatic carbocycles. The third-order valence-electron chi connectivity index (χ3n) is 5.21. The van der Waals surface area contributed by atoms with Gasteiger partial charge in [-0.3, -0.25) is 4.68 Å². The van der Waals surface area contributed by atoms with Crippen LogP contribution in [0.25, 0.3) is 5.57 Å². The Balaban J connectivity index is 1.34. The van der Waals surface area contributed by atoms with Crippen LogP contribution in [0.2, 0.25) is 0 Å². The third-order valence-corrected chi connectivity index (χ3v) is 5.52. The van der Waals surface area contributed by atoms with Gasteiger partial charge in [0.15, 0.2) is 0 Å². The van der Waals surface area contributed by atoms with Gasteiger partial charge in [-0.15, -0.1) is 10.8 Å². The first-order chi connectivity index (χ1) is 13.4. The van der Waals surface area contributed by atoms with Gasteiger partial charge in [-0.25, -0.2) is 0 Å². The number of rotatable bonds is 17. The summed E-state index contributed by atoms with van der Waals surface area (Å²) in [5.74, 6) is 1.05. The van der Waals surface area contributed by atoms with Gasteiger partial charge in [0.25, 0.3) is 0 Å². The summed E-state index contributed by atoms with van der Waals surface area (Å²) in [6.07, 6.45) is 27.2. The van der Waals surface area contributed by atoms with Crippen LogP contribution < -0.4 is 0 Å². The average Bonchev–Trinajstić information content (AvgIpc) is 3.36. The highest BCUT2D eigenvalue weighted by Crippen LogP contribution is 2.15. The predicted molar refractivity (Wildman–Crippen MR) is 119 cm³/mol. The minimum Gasteiger partial charge on any atom is -0.252 e. The lowest BCUT2D eigenvalue weighted by Gasteiger charge is -2.03. The zero-order chi connectivity index (χ0) is 19.0. The molecule has 1 aliphatic rings. The molecule has 1 aliphatic carbocycles. The molecule has 4 heteroatoms. The Labute approximate surface area is 171 Å². The SMILES string of the molecule is SCCCCCCCCCCCCCCCCn1cc(C2=C=CC=C2)nn1. The van der Waals surface area contributed by atoms with Gasteiger partial charge < -0.3 is 0 Å². The largest absolute Gasteiger partial charge is 0.252 e. The van der Waals surface area contributed by atoms with E-state index in [4.69, 9.17) is 0 Å². The van der Waals surface area contributed by atoms with Gasteiger partial charge >= 0.3 is 0 Å². The molecule has 3 nitrogen and oxygen atoms in total. The first-order valence-corrected chi connectivity index (χ1v) is 11.7. The molecule has 0 spiro atoms. The summed E-state index contributed by atoms with van der Waals surface area (Å²) >= 11 is 4.26. The molecule has 0 saturated heterocycles. The molecule has 27 heavy (non-hydrogen) atoms. The number of aryl methyl sites for hydroxylation is 1. The van der Waals surface area contributed by atoms with Crippen molar-refractivity contribution in [2.45, 2.75) is 96.4 Å². The molecule has 0 aliphatic heterocycles. The van der Waals surface area contributed by atoms with Crippen molar-refractivity contribution in [1.82, 2.24) is 15.0 Å². The summed E-state index contributed by atoms with van der Waals surface area (Å²) in [5, 5.41) is 8.44. The van der Waals surface area contributed by atoms with Gasteiger partial charge in [-0.2, -0.15) is 12.6 Å². The van der Waals surface area contributed by atoms with Crippen LogP contribution in [0.1, 0.15) is 95.6 Å². The van der Waals surface area contributed by atoms with E-state index in [-0.39, 0.29) is 0 Å². The smallest absolute Gasteiger partial charge is 0.120 e. The highest BCUT2D eigenvalue weighted by atomic mass is 32.1. The number of allylic oxidation sites excluding steroid dienone is 3. The van der Waals surface area contributed by atoms with Crippen LogP contribution >= 0.6 is 12.6 Å². The molecule has 0 N–H and O–H groups in total. The fourth-order valence-corrected chi connectivity index (χ4v) is 3.75. The van der Waals surface area contributed by atoms with Crippen LogP contribution in [0.4, 0.5) is 0 Å². The Morgan fingerprint density at radius 1 is 0.778 bits per heavy atom. The van der Waals surface area contributed by atoms with E-state index >= 15 is 0 Å². The highest BCUT2D eigenvalue weighted by molar-refractivity contribution is 7.80. The number of thiol groups is 1. The Hall–Kier alpha value is -1.25. The minimum absolute atomic E-state index is 0.928. The van der Waals surface area contributed by atoms with Gasteiger partial charge in [0.05, 0.1) is 6.20 Å². The van der Waals surface area contributed by atoms with E-state index in [0.29, 0.717) is 0 Å². The molecule has 0 radical (unpaired) electrons. The second-order valence-corrected chi connectivity index (χ2v) is 8.07. The van der Waals surface area contributed by atoms with Gasteiger partial charge in [0.2, 0.25) is 0 Å². The summed E-state index contributed by atoms with van der Waals surface area (Å²) in [7, 11) is 0. The van der Waals surface area contributed by atoms with Gasteiger partial charge in [0.1, 0.15) is 5.69 Å². The zero-order valence-electron chi connectivity index (χ0n) is 16.9. The monoisotopic (exact) mass is 387 g/mol. The van der Waals surface area contributed by atoms with E-state index in [0.717, 1.165) is 23.6 Å². The van der Waals surface area contributed by atoms with Crippen molar-refractivity contribution in [3.8, 4) is 0 Å². The molecule has 0 unspecified atom stereocenters. The maximum absolute atomic E-state index is 4.26. The standard InChI is InChI=1S/C23H37N3S/c27-20-16-12-10-8-6-4-2-1-3-5-7-9-11-15-19-26-21-23(24-25-26)22-17-13-14-18-22/h13-14,17,21,27H,1-12,15-16,19-20H2. The molecule has 1 heterocycles. The summed E-state index contributed by atoms with van der Waals surface area (Å²) in [6.45, 7) is 0.974. The number of aromatic nitrogens is 3. The molecule has 0 saturated carbocycles. The Morgan fingerprint density at radius 2 is 1.33 bits per heavy atom. The second-order valence-electron chi connectivity index (χ2n) is 7.62. The highest BCUT2D eigenvalue weighted by Gasteiger charge is 2.05. The first kappa shape index (κ1) is 22.0. The lowest BCUT2D eigenvalue weighted by atomic mass is 10.0. The quantitative estimate of drug-likeness (QED) is 0.181. The van der Waals surface area contributed by atoms with Crippen LogP contribution in [-0.4, -0.2) is 20.7 Å². The first-order valence-electron chi connectivity index (χ1n) is 11.0. The predicted octanol–water partition coefficient (Wildman–Crippen LogP) is 6.78. The van der Waals surface area contributed by atoms with Crippen LogP contribution in [0.3, 0.4) is 0 Å². The van der Waals surface area contributed by atoms with Crippen LogP contribution in [-0.2, 0) is 6.54 Å². The van der Waals surface area contributed by atoms with E-state index in [1.54, 1.807) is 0 Å². The molecule has 1 aromatic heterocycles. The van der Waals surface area contributed by atoms with Crippen molar-refractivity contribution < 1.29 is 0 Å². The van der Waals surface area contributed by atoms with E-state index < -0.39 is 0 Å². The molecule has 0 amide bonds. The summed E-state index contributed by atoms with van der Waals surface area (Å²) < 4.78 is 1.97. The molecule has 0 atom stereocenters. The molecule has 0 fully saturated rings. The van der Waals surface area contributed by atoms with Crippen LogP contribution in [0, 0.1) is 0 Å². The van der Waals surface area contributed by atoms with Gasteiger partial charge in [-0.05, 0) is 30.7 Å². The van der Waals surface area contributed by atoms with Gasteiger partial charge in [0, 0.05) is 12.1 Å². The van der Waals surface area contributed by atoms with Crippen LogP contribution in [0.15, 0.2) is 30.2 Å². The average molecular weight is 388 g/mol. The molecular weight excluding hydrogens is 350 g/mol. The van der Waals surface area contributed by atoms with E-state index in [1.165, 1.54) is 89.9 Å². The van der Waals surface area contributed by atoms with Gasteiger partial charge in [-0.1, -0.05) is 88.3 Å². The van der Waals surface area contributed by atoms with Crippen LogP contribution in [0.5, 0.6) is 0 Å². The maximum Gasteiger partial charge on any atom is 0.120 e. The van der Waals surface area contributed by atoms with Crippen molar-refractivity contribution in [3.05, 3.63) is 35.9 Å². The topological polar surface area (TPSA) is 30.7 Å². The number of hydrogen-bond acceptors (Lipinski definition) is 3. The maximum atomic E-state index is 4.26. The molecule has 0 bridgehead atoms. The molecule has 150 valence electrons. The normalized spacial score (nSPS) is 12.9. The molecule has 2 rings (SSSR count). The Kier molecular flexibility index (Phi) is 12.1. The lowest BCUT2D eigenvalue weighted by molar-refractivity contribution is 0.504. The van der Waals surface area contributed by atoms with Crippen molar-refractivity contribution in [2.24, 2.45) is 0 Å². The van der Waals surface area contributed by atoms with Crippen molar-refractivity contribution in [2.75, 3.05) is 5.75 Å². The number of hydrogen-bond donors (Lipinski definition) is 1. The summed E-state index contributed by atoms with van der Waals surface area (Å²) in [4.78, 5) is 0. The third kappa shape index (κ3) is 10.0. The molecular formula is C23H37N3S. The fourth-order valence-electron chi connectivity index (χ4n) is 3.53. The molecule has 1 aromatic rings. The van der Waals surface area contributed by atoms with E-state index in [2.05, 4.69) is 28.7 Å². The zero-order valence-corrected chi connectivity index (χ0v) is 17.8. The van der Waals surface area contributed by atoms with Crippen molar-refractivity contribution in [1.29, 1.82) is 0 Å². The summed E-state index contributed by atoms with van der Waals surface area (Å²) in [6, 6.07) is 0. The van der Waals surface area contributed by atoms with Crippen molar-refractivity contribution >= 4 is 18.2 Å².